The second-order valence-corrected chi connectivity index (χ2v) is 12.0. The summed E-state index contributed by atoms with van der Waals surface area (Å²) in [6.45, 7) is 9.05. The van der Waals surface area contributed by atoms with E-state index in [2.05, 4.69) is 20.4 Å². The molecule has 3 aromatic heterocycles. The van der Waals surface area contributed by atoms with Gasteiger partial charge in [-0.2, -0.15) is 0 Å². The number of fused-ring (bicyclic) bond motifs is 3. The van der Waals surface area contributed by atoms with Crippen molar-refractivity contribution >= 4 is 40.0 Å². The van der Waals surface area contributed by atoms with Gasteiger partial charge >= 0.3 is 5.97 Å². The van der Waals surface area contributed by atoms with E-state index in [1.54, 1.807) is 45.9 Å². The van der Waals surface area contributed by atoms with Crippen LogP contribution in [0.15, 0.2) is 42.6 Å². The number of carboxylic acid groups (broad SMARTS) is 1. The number of carboxylic acids is 1. The summed E-state index contributed by atoms with van der Waals surface area (Å²) in [4.78, 5) is 46.5. The number of hydrogen-bond acceptors (Lipinski definition) is 7. The number of amides is 1. The highest BCUT2D eigenvalue weighted by Crippen LogP contribution is 2.41. The van der Waals surface area contributed by atoms with E-state index in [1.807, 2.05) is 13.0 Å². The largest absolute Gasteiger partial charge is 0.490 e. The predicted octanol–water partition coefficient (Wildman–Crippen LogP) is 5.72. The van der Waals surface area contributed by atoms with Crippen molar-refractivity contribution in [1.29, 1.82) is 0 Å². The second-order valence-electron chi connectivity index (χ2n) is 12.0. The molecule has 0 aliphatic carbocycles. The molecule has 2 aromatic carbocycles. The van der Waals surface area contributed by atoms with Crippen molar-refractivity contribution in [3.8, 4) is 17.0 Å². The molecule has 0 fully saturated rings. The maximum atomic E-state index is 15.6. The van der Waals surface area contributed by atoms with Gasteiger partial charge in [-0.05, 0) is 65.2 Å². The molecule has 4 heterocycles. The Bertz CT molecular complexity index is 2020. The van der Waals surface area contributed by atoms with E-state index < -0.39 is 35.2 Å². The molecule has 0 unspecified atom stereocenters. The van der Waals surface area contributed by atoms with Crippen LogP contribution in [0.5, 0.6) is 5.75 Å². The molecule has 232 valence electrons. The third-order valence-electron chi connectivity index (χ3n) is 7.76. The number of benzene rings is 2. The fourth-order valence-corrected chi connectivity index (χ4v) is 5.81. The van der Waals surface area contributed by atoms with Crippen LogP contribution in [0.4, 0.5) is 10.2 Å². The number of aromatic nitrogens is 4. The lowest BCUT2D eigenvalue weighted by Gasteiger charge is -2.28. The number of ketones is 1. The maximum Gasteiger partial charge on any atom is 0.337 e. The third kappa shape index (κ3) is 5.42. The van der Waals surface area contributed by atoms with E-state index in [0.717, 1.165) is 0 Å². The zero-order chi connectivity index (χ0) is 32.2. The molecule has 5 aromatic rings. The molecule has 11 nitrogen and oxygen atoms in total. The first kappa shape index (κ1) is 29.9. The van der Waals surface area contributed by atoms with Gasteiger partial charge in [-0.3, -0.25) is 9.59 Å². The van der Waals surface area contributed by atoms with Gasteiger partial charge in [-0.1, -0.05) is 18.2 Å². The number of aryl methyl sites for hydroxylation is 1. The topological polar surface area (TPSA) is 148 Å². The molecule has 0 spiro atoms. The molecule has 1 amide bonds. The lowest BCUT2D eigenvalue weighted by molar-refractivity contribution is -0.160. The van der Waals surface area contributed by atoms with Gasteiger partial charge in [0.05, 0.1) is 23.5 Å². The summed E-state index contributed by atoms with van der Waals surface area (Å²) in [6, 6.07) is 9.88. The Labute approximate surface area is 257 Å². The van der Waals surface area contributed by atoms with E-state index in [4.69, 9.17) is 9.47 Å². The number of halogens is 1. The van der Waals surface area contributed by atoms with Crippen molar-refractivity contribution in [3.63, 3.8) is 0 Å². The van der Waals surface area contributed by atoms with Crippen molar-refractivity contribution < 1.29 is 33.4 Å². The molecule has 45 heavy (non-hydrogen) atoms. The lowest BCUT2D eigenvalue weighted by Crippen LogP contribution is -2.29. The van der Waals surface area contributed by atoms with Crippen LogP contribution >= 0.6 is 0 Å². The van der Waals surface area contributed by atoms with Crippen LogP contribution < -0.4 is 10.1 Å². The number of para-hydroxylation sites is 1. The highest BCUT2D eigenvalue weighted by molar-refractivity contribution is 6.48. The highest BCUT2D eigenvalue weighted by atomic mass is 19.1. The fraction of sp³-hybridized carbons (Fsp3) is 0.303. The SMILES string of the molecule is Cc1nc2cc(NC(=O)C(=O)c3c[nH]c4ccccc34)nn2c(-c2cc(F)c3c(c2C)CCCO3)c1[C@H](OC(C)(C)C)C(=O)O. The standard InChI is InChI=1S/C33H32FN5O6/c1-16-18-10-8-12-44-29(18)22(34)13-20(16)27-26(30(32(42)43)45-33(3,4)5)17(2)36-25-14-24(38-39(25)27)37-31(41)28(40)21-15-35-23-11-7-6-9-19(21)23/h6-7,9,11,13-15,30,35H,8,10,12H2,1-5H3,(H,42,43)(H,37,38,41)/t30-/m0/s1. The first-order valence-electron chi connectivity index (χ1n) is 14.5. The van der Waals surface area contributed by atoms with Gasteiger partial charge in [0.1, 0.15) is 0 Å². The predicted molar refractivity (Wildman–Crippen MR) is 164 cm³/mol. The summed E-state index contributed by atoms with van der Waals surface area (Å²) in [5.74, 6) is -3.37. The van der Waals surface area contributed by atoms with Gasteiger partial charge in [0, 0.05) is 45.6 Å². The number of carbonyl (C=O) groups excluding carboxylic acids is 2. The Morgan fingerprint density at radius 2 is 1.93 bits per heavy atom. The van der Waals surface area contributed by atoms with Crippen molar-refractivity contribution in [1.82, 2.24) is 19.6 Å². The molecule has 1 atom stereocenters. The number of Topliss-reactive ketones (excluding diaryl/α,β-unsaturated/α-hetero) is 1. The lowest BCUT2D eigenvalue weighted by atomic mass is 9.91. The van der Waals surface area contributed by atoms with Gasteiger partial charge < -0.3 is 24.9 Å². The van der Waals surface area contributed by atoms with Crippen LogP contribution in [0.2, 0.25) is 0 Å². The Morgan fingerprint density at radius 3 is 2.67 bits per heavy atom. The molecular weight excluding hydrogens is 581 g/mol. The van der Waals surface area contributed by atoms with Crippen LogP contribution in [0.3, 0.4) is 0 Å². The Morgan fingerprint density at radius 1 is 1.18 bits per heavy atom. The van der Waals surface area contributed by atoms with Gasteiger partial charge in [0.25, 0.3) is 11.7 Å². The monoisotopic (exact) mass is 613 g/mol. The average molecular weight is 614 g/mol. The third-order valence-corrected chi connectivity index (χ3v) is 7.76. The molecule has 6 rings (SSSR count). The van der Waals surface area contributed by atoms with Gasteiger partial charge in [0.15, 0.2) is 29.1 Å². The van der Waals surface area contributed by atoms with Crippen LogP contribution in [0.1, 0.15) is 66.0 Å². The van der Waals surface area contributed by atoms with E-state index >= 15 is 4.39 Å². The fourth-order valence-electron chi connectivity index (χ4n) is 5.81. The van der Waals surface area contributed by atoms with Crippen molar-refractivity contribution in [2.45, 2.75) is 59.2 Å². The normalized spacial score (nSPS) is 13.8. The van der Waals surface area contributed by atoms with Crippen LogP contribution in [0.25, 0.3) is 27.8 Å². The van der Waals surface area contributed by atoms with Gasteiger partial charge in [0.2, 0.25) is 0 Å². The summed E-state index contributed by atoms with van der Waals surface area (Å²) in [5.41, 5.74) is 2.77. The first-order chi connectivity index (χ1) is 21.3. The van der Waals surface area contributed by atoms with Crippen molar-refractivity contribution in [3.05, 3.63) is 76.4 Å². The smallest absolute Gasteiger partial charge is 0.337 e. The Hall–Kier alpha value is -5.10. The number of aliphatic carboxylic acids is 1. The molecular formula is C33H32FN5O6. The molecule has 0 saturated carbocycles. The summed E-state index contributed by atoms with van der Waals surface area (Å²) in [6.07, 6.45) is 1.26. The minimum Gasteiger partial charge on any atom is -0.490 e. The van der Waals surface area contributed by atoms with E-state index in [0.29, 0.717) is 52.7 Å². The molecule has 12 heteroatoms. The van der Waals surface area contributed by atoms with Crippen LogP contribution in [-0.2, 0) is 20.7 Å². The summed E-state index contributed by atoms with van der Waals surface area (Å²) < 4.78 is 28.6. The number of H-pyrrole nitrogens is 1. The Kier molecular flexibility index (Phi) is 7.40. The van der Waals surface area contributed by atoms with Crippen LogP contribution in [0, 0.1) is 19.7 Å². The van der Waals surface area contributed by atoms with Crippen molar-refractivity contribution in [2.24, 2.45) is 0 Å². The highest BCUT2D eigenvalue weighted by Gasteiger charge is 2.35. The minimum atomic E-state index is -1.49. The molecule has 0 saturated heterocycles. The molecule has 1 aliphatic heterocycles. The Balaban J connectivity index is 1.52. The van der Waals surface area contributed by atoms with E-state index in [9.17, 15) is 19.5 Å². The van der Waals surface area contributed by atoms with Gasteiger partial charge in [-0.25, -0.2) is 18.7 Å². The number of nitrogens with one attached hydrogen (secondary N) is 2. The number of aromatic amines is 1. The van der Waals surface area contributed by atoms with Gasteiger partial charge in [-0.15, -0.1) is 5.10 Å². The zero-order valence-electron chi connectivity index (χ0n) is 25.4. The molecule has 1 aliphatic rings. The van der Waals surface area contributed by atoms with E-state index in [-0.39, 0.29) is 34.0 Å². The van der Waals surface area contributed by atoms with E-state index in [1.165, 1.54) is 22.8 Å². The number of ether oxygens (including phenoxy) is 2. The summed E-state index contributed by atoms with van der Waals surface area (Å²) >= 11 is 0. The first-order valence-corrected chi connectivity index (χ1v) is 14.5. The number of rotatable bonds is 7. The minimum absolute atomic E-state index is 0.00141. The quantitative estimate of drug-likeness (QED) is 0.156. The second kappa shape index (κ2) is 11.1. The molecule has 3 N–H and O–H groups in total. The number of anilines is 1. The average Bonchev–Trinajstić information content (AvgIpc) is 3.60. The van der Waals surface area contributed by atoms with Crippen LogP contribution in [-0.4, -0.2) is 54.6 Å². The maximum absolute atomic E-state index is 15.6. The molecule has 0 bridgehead atoms. The zero-order valence-corrected chi connectivity index (χ0v) is 25.4. The molecule has 0 radical (unpaired) electrons. The van der Waals surface area contributed by atoms with Crippen molar-refractivity contribution in [2.75, 3.05) is 11.9 Å². The summed E-state index contributed by atoms with van der Waals surface area (Å²) in [5, 5.41) is 18.0. The number of hydrogen-bond donors (Lipinski definition) is 3. The number of carbonyl (C=O) groups is 3. The number of nitrogens with zero attached hydrogens (tertiary/aromatic N) is 3. The summed E-state index contributed by atoms with van der Waals surface area (Å²) in [7, 11) is 0.